The minimum atomic E-state index is 0.00395. The lowest BCUT2D eigenvalue weighted by Crippen LogP contribution is -2.39. The predicted molar refractivity (Wildman–Crippen MR) is 75.9 cm³/mol. The second-order valence-corrected chi connectivity index (χ2v) is 6.88. The van der Waals surface area contributed by atoms with E-state index in [1.807, 2.05) is 0 Å². The van der Waals surface area contributed by atoms with Crippen molar-refractivity contribution < 1.29 is 4.74 Å². The summed E-state index contributed by atoms with van der Waals surface area (Å²) in [5.41, 5.74) is 0.00395. The van der Waals surface area contributed by atoms with Gasteiger partial charge in [-0.25, -0.2) is 0 Å². The quantitative estimate of drug-likeness (QED) is 0.787. The normalized spacial score (nSPS) is 22.7. The van der Waals surface area contributed by atoms with Crippen LogP contribution in [-0.4, -0.2) is 49.3 Å². The summed E-state index contributed by atoms with van der Waals surface area (Å²) < 4.78 is 5.87. The average molecular weight is 254 g/mol. The topological polar surface area (TPSA) is 24.5 Å². The van der Waals surface area contributed by atoms with E-state index in [2.05, 4.69) is 31.0 Å². The first kappa shape index (κ1) is 14.3. The maximum Gasteiger partial charge on any atom is 0.0600 e. The molecule has 1 aliphatic carbocycles. The second kappa shape index (κ2) is 6.36. The minimum Gasteiger partial charge on any atom is -0.375 e. The minimum absolute atomic E-state index is 0.00395. The van der Waals surface area contributed by atoms with Gasteiger partial charge in [0.2, 0.25) is 0 Å². The van der Waals surface area contributed by atoms with Crippen LogP contribution < -0.4 is 5.32 Å². The van der Waals surface area contributed by atoms with Crippen LogP contribution in [0.2, 0.25) is 0 Å². The number of nitrogens with zero attached hydrogens (tertiary/aromatic N) is 1. The molecule has 0 amide bonds. The summed E-state index contributed by atoms with van der Waals surface area (Å²) in [5, 5.41) is 3.45. The van der Waals surface area contributed by atoms with Crippen molar-refractivity contribution >= 4 is 0 Å². The van der Waals surface area contributed by atoms with Gasteiger partial charge in [-0.15, -0.1) is 0 Å². The van der Waals surface area contributed by atoms with Gasteiger partial charge in [-0.1, -0.05) is 0 Å². The number of hydrogen-bond donors (Lipinski definition) is 1. The van der Waals surface area contributed by atoms with Crippen molar-refractivity contribution in [2.45, 2.75) is 58.1 Å². The number of nitrogens with one attached hydrogen (secondary N) is 1. The third-order valence-electron chi connectivity index (χ3n) is 3.93. The summed E-state index contributed by atoms with van der Waals surface area (Å²) in [6.45, 7) is 12.1. The van der Waals surface area contributed by atoms with Crippen molar-refractivity contribution in [3.63, 3.8) is 0 Å². The van der Waals surface area contributed by atoms with Crippen LogP contribution >= 0.6 is 0 Å². The Bertz CT molecular complexity index is 239. The Morgan fingerprint density at radius 3 is 2.33 bits per heavy atom. The molecule has 18 heavy (non-hydrogen) atoms. The fourth-order valence-corrected chi connectivity index (χ4v) is 2.73. The van der Waals surface area contributed by atoms with Gasteiger partial charge in [-0.05, 0) is 65.5 Å². The van der Waals surface area contributed by atoms with Gasteiger partial charge in [0.1, 0.15) is 0 Å². The van der Waals surface area contributed by atoms with Gasteiger partial charge < -0.3 is 10.1 Å². The highest BCUT2D eigenvalue weighted by atomic mass is 16.5. The van der Waals surface area contributed by atoms with Gasteiger partial charge in [0.25, 0.3) is 0 Å². The Hall–Kier alpha value is -0.120. The Morgan fingerprint density at radius 1 is 1.11 bits per heavy atom. The number of rotatable bonds is 6. The first-order chi connectivity index (χ1) is 8.54. The summed E-state index contributed by atoms with van der Waals surface area (Å²) in [5.74, 6) is 0.904. The zero-order chi connectivity index (χ0) is 13.0. The first-order valence-corrected chi connectivity index (χ1v) is 7.63. The number of hydrogen-bond acceptors (Lipinski definition) is 3. The molecule has 0 atom stereocenters. The Morgan fingerprint density at radius 2 is 1.78 bits per heavy atom. The van der Waals surface area contributed by atoms with Crippen LogP contribution in [0.3, 0.4) is 0 Å². The Labute approximate surface area is 112 Å². The van der Waals surface area contributed by atoms with Crippen molar-refractivity contribution in [2.75, 3.05) is 32.8 Å². The SMILES string of the molecule is CC(C)(C)OCCN(CC1CCNCC1)C1CC1. The lowest BCUT2D eigenvalue weighted by molar-refractivity contribution is -0.0158. The smallest absolute Gasteiger partial charge is 0.0600 e. The molecule has 0 radical (unpaired) electrons. The van der Waals surface area contributed by atoms with E-state index in [-0.39, 0.29) is 5.60 Å². The molecule has 0 aromatic rings. The van der Waals surface area contributed by atoms with Gasteiger partial charge in [-0.3, -0.25) is 4.90 Å². The fraction of sp³-hybridized carbons (Fsp3) is 1.00. The lowest BCUT2D eigenvalue weighted by Gasteiger charge is -2.31. The molecule has 0 aromatic carbocycles. The van der Waals surface area contributed by atoms with Crippen LogP contribution in [0.25, 0.3) is 0 Å². The molecule has 0 spiro atoms. The Kier molecular flexibility index (Phi) is 5.05. The molecular formula is C15H30N2O. The third-order valence-corrected chi connectivity index (χ3v) is 3.93. The van der Waals surface area contributed by atoms with Crippen molar-refractivity contribution in [1.29, 1.82) is 0 Å². The van der Waals surface area contributed by atoms with Crippen molar-refractivity contribution in [2.24, 2.45) is 5.92 Å². The molecule has 2 aliphatic rings. The van der Waals surface area contributed by atoms with Crippen LogP contribution in [0.4, 0.5) is 0 Å². The fourth-order valence-electron chi connectivity index (χ4n) is 2.73. The molecular weight excluding hydrogens is 224 g/mol. The van der Waals surface area contributed by atoms with Crippen molar-refractivity contribution in [1.82, 2.24) is 10.2 Å². The van der Waals surface area contributed by atoms with Crippen LogP contribution in [-0.2, 0) is 4.74 Å². The summed E-state index contributed by atoms with van der Waals surface area (Å²) in [6.07, 6.45) is 5.51. The largest absolute Gasteiger partial charge is 0.375 e. The molecule has 1 saturated heterocycles. The van der Waals surface area contributed by atoms with Crippen LogP contribution in [0.5, 0.6) is 0 Å². The molecule has 2 fully saturated rings. The van der Waals surface area contributed by atoms with Crippen LogP contribution in [0, 0.1) is 5.92 Å². The molecule has 0 bridgehead atoms. The van der Waals surface area contributed by atoms with Gasteiger partial charge in [0.05, 0.1) is 12.2 Å². The summed E-state index contributed by atoms with van der Waals surface area (Å²) in [4.78, 5) is 2.68. The van der Waals surface area contributed by atoms with Crippen LogP contribution in [0.15, 0.2) is 0 Å². The van der Waals surface area contributed by atoms with E-state index >= 15 is 0 Å². The van der Waals surface area contributed by atoms with Gasteiger partial charge >= 0.3 is 0 Å². The van der Waals surface area contributed by atoms with Crippen LogP contribution in [0.1, 0.15) is 46.5 Å². The van der Waals surface area contributed by atoms with E-state index in [0.717, 1.165) is 25.1 Å². The first-order valence-electron chi connectivity index (χ1n) is 7.63. The number of ether oxygens (including phenoxy) is 1. The molecule has 3 heteroatoms. The van der Waals surface area contributed by atoms with E-state index in [1.54, 1.807) is 0 Å². The Balaban J connectivity index is 1.70. The van der Waals surface area contributed by atoms with Crippen molar-refractivity contribution in [3.05, 3.63) is 0 Å². The molecule has 2 rings (SSSR count). The van der Waals surface area contributed by atoms with Gasteiger partial charge in [-0.2, -0.15) is 0 Å². The zero-order valence-electron chi connectivity index (χ0n) is 12.4. The average Bonchev–Trinajstić information content (AvgIpc) is 3.11. The van der Waals surface area contributed by atoms with Gasteiger partial charge in [0.15, 0.2) is 0 Å². The highest BCUT2D eigenvalue weighted by Gasteiger charge is 2.30. The molecule has 1 aliphatic heterocycles. The number of piperidine rings is 1. The van der Waals surface area contributed by atoms with E-state index < -0.39 is 0 Å². The lowest BCUT2D eigenvalue weighted by atomic mass is 9.97. The maximum absolute atomic E-state index is 5.87. The highest BCUT2D eigenvalue weighted by molar-refractivity contribution is 4.86. The standard InChI is InChI=1S/C15H30N2O/c1-15(2,3)18-11-10-17(14-4-5-14)12-13-6-8-16-9-7-13/h13-14,16H,4-12H2,1-3H3. The second-order valence-electron chi connectivity index (χ2n) is 6.88. The highest BCUT2D eigenvalue weighted by Crippen LogP contribution is 2.28. The molecule has 106 valence electrons. The van der Waals surface area contributed by atoms with E-state index in [0.29, 0.717) is 0 Å². The van der Waals surface area contributed by atoms with E-state index in [4.69, 9.17) is 4.74 Å². The van der Waals surface area contributed by atoms with Gasteiger partial charge in [0, 0.05) is 19.1 Å². The molecule has 1 N–H and O–H groups in total. The monoisotopic (exact) mass is 254 g/mol. The zero-order valence-corrected chi connectivity index (χ0v) is 12.4. The van der Waals surface area contributed by atoms with E-state index in [1.165, 1.54) is 45.3 Å². The molecule has 0 aromatic heterocycles. The molecule has 1 heterocycles. The molecule has 0 unspecified atom stereocenters. The molecule has 1 saturated carbocycles. The van der Waals surface area contributed by atoms with Crippen molar-refractivity contribution in [3.8, 4) is 0 Å². The van der Waals surface area contributed by atoms with E-state index in [9.17, 15) is 0 Å². The predicted octanol–water partition coefficient (Wildman–Crippen LogP) is 2.27. The summed E-state index contributed by atoms with van der Waals surface area (Å²) in [7, 11) is 0. The summed E-state index contributed by atoms with van der Waals surface area (Å²) in [6, 6.07) is 0.864. The maximum atomic E-state index is 5.87. The third kappa shape index (κ3) is 5.25. The molecule has 3 nitrogen and oxygen atoms in total. The summed E-state index contributed by atoms with van der Waals surface area (Å²) >= 11 is 0.